The van der Waals surface area contributed by atoms with Crippen LogP contribution in [0, 0.1) is 0 Å². The van der Waals surface area contributed by atoms with Gasteiger partial charge in [-0.05, 0) is 46.5 Å². The average Bonchev–Trinajstić information content (AvgIpc) is 3.64. The maximum Gasteiger partial charge on any atom is 0.140 e. The van der Waals surface area contributed by atoms with E-state index in [1.165, 1.54) is 5.69 Å². The SMILES string of the molecule is c1ccc(N2CCN(c3ncnc4ccc(-c5cnn(C(c6ccccc6)(c6ccccc6)c6ccccc6)c5)cc34)CC2)cc1. The summed E-state index contributed by atoms with van der Waals surface area (Å²) in [6.07, 6.45) is 5.84. The van der Waals surface area contributed by atoms with Crippen molar-refractivity contribution in [2.45, 2.75) is 5.54 Å². The number of anilines is 2. The number of para-hydroxylation sites is 1. The summed E-state index contributed by atoms with van der Waals surface area (Å²) in [7, 11) is 0. The molecule has 6 heteroatoms. The maximum atomic E-state index is 5.09. The highest BCUT2D eigenvalue weighted by molar-refractivity contribution is 5.93. The largest absolute Gasteiger partial charge is 0.368 e. The molecule has 1 aliphatic heterocycles. The summed E-state index contributed by atoms with van der Waals surface area (Å²) >= 11 is 0. The molecule has 46 heavy (non-hydrogen) atoms. The van der Waals surface area contributed by atoms with Gasteiger partial charge in [-0.1, -0.05) is 115 Å². The van der Waals surface area contributed by atoms with Crippen LogP contribution in [0.5, 0.6) is 0 Å². The molecular formula is C40H34N6. The molecular weight excluding hydrogens is 564 g/mol. The van der Waals surface area contributed by atoms with Gasteiger partial charge in [-0.15, -0.1) is 0 Å². The molecule has 0 amide bonds. The number of benzene rings is 5. The third-order valence-electron chi connectivity index (χ3n) is 9.15. The van der Waals surface area contributed by atoms with Crippen molar-refractivity contribution in [3.05, 3.63) is 175 Å². The lowest BCUT2D eigenvalue weighted by Crippen LogP contribution is -2.46. The van der Waals surface area contributed by atoms with Crippen molar-refractivity contribution >= 4 is 22.4 Å². The molecule has 7 aromatic rings. The van der Waals surface area contributed by atoms with Crippen molar-refractivity contribution in [3.8, 4) is 11.1 Å². The number of aromatic nitrogens is 4. The molecule has 0 atom stereocenters. The van der Waals surface area contributed by atoms with Gasteiger partial charge >= 0.3 is 0 Å². The summed E-state index contributed by atoms with van der Waals surface area (Å²) in [6.45, 7) is 3.69. The van der Waals surface area contributed by atoms with Crippen molar-refractivity contribution in [1.29, 1.82) is 0 Å². The van der Waals surface area contributed by atoms with Gasteiger partial charge in [0.05, 0.1) is 11.7 Å². The normalized spacial score (nSPS) is 13.7. The molecule has 0 spiro atoms. The van der Waals surface area contributed by atoms with Gasteiger partial charge in [-0.25, -0.2) is 9.97 Å². The van der Waals surface area contributed by atoms with E-state index in [-0.39, 0.29) is 0 Å². The Morgan fingerprint density at radius 1 is 0.522 bits per heavy atom. The summed E-state index contributed by atoms with van der Waals surface area (Å²) in [5.74, 6) is 0.985. The molecule has 1 fully saturated rings. The summed E-state index contributed by atoms with van der Waals surface area (Å²) in [5.41, 5.74) is 7.11. The van der Waals surface area contributed by atoms with E-state index in [4.69, 9.17) is 10.1 Å². The van der Waals surface area contributed by atoms with E-state index in [9.17, 15) is 0 Å². The van der Waals surface area contributed by atoms with Gasteiger partial charge in [-0.3, -0.25) is 4.68 Å². The third kappa shape index (κ3) is 4.88. The van der Waals surface area contributed by atoms with Gasteiger partial charge < -0.3 is 9.80 Å². The Morgan fingerprint density at radius 2 is 1.07 bits per heavy atom. The van der Waals surface area contributed by atoms with E-state index in [0.29, 0.717) is 0 Å². The Hall–Kier alpha value is -5.75. The van der Waals surface area contributed by atoms with Crippen molar-refractivity contribution in [2.75, 3.05) is 36.0 Å². The molecule has 1 saturated heterocycles. The van der Waals surface area contributed by atoms with Gasteiger partial charge in [0.15, 0.2) is 0 Å². The highest BCUT2D eigenvalue weighted by atomic mass is 15.3. The van der Waals surface area contributed by atoms with Crippen LogP contribution < -0.4 is 9.80 Å². The van der Waals surface area contributed by atoms with Crippen molar-refractivity contribution < 1.29 is 0 Å². The lowest BCUT2D eigenvalue weighted by atomic mass is 9.77. The van der Waals surface area contributed by atoms with Crippen LogP contribution in [-0.4, -0.2) is 45.9 Å². The fraction of sp³-hybridized carbons (Fsp3) is 0.125. The van der Waals surface area contributed by atoms with Gasteiger partial charge in [0.25, 0.3) is 0 Å². The third-order valence-corrected chi connectivity index (χ3v) is 9.15. The number of hydrogen-bond donors (Lipinski definition) is 0. The lowest BCUT2D eigenvalue weighted by molar-refractivity contribution is 0.460. The number of piperazine rings is 1. The molecule has 0 aliphatic carbocycles. The van der Waals surface area contributed by atoms with Crippen molar-refractivity contribution in [2.24, 2.45) is 0 Å². The van der Waals surface area contributed by atoms with E-state index in [1.807, 2.05) is 6.20 Å². The Labute approximate surface area is 269 Å². The molecule has 6 nitrogen and oxygen atoms in total. The minimum Gasteiger partial charge on any atom is -0.368 e. The minimum absolute atomic E-state index is 0.661. The monoisotopic (exact) mass is 598 g/mol. The Morgan fingerprint density at radius 3 is 1.65 bits per heavy atom. The Balaban J connectivity index is 1.20. The van der Waals surface area contributed by atoms with Gasteiger partial charge in [0.1, 0.15) is 17.7 Å². The zero-order valence-electron chi connectivity index (χ0n) is 25.5. The molecule has 2 aromatic heterocycles. The second kappa shape index (κ2) is 12.0. The first kappa shape index (κ1) is 27.8. The first-order valence-corrected chi connectivity index (χ1v) is 15.8. The summed E-state index contributed by atoms with van der Waals surface area (Å²) in [4.78, 5) is 14.3. The molecule has 3 heterocycles. The van der Waals surface area contributed by atoms with Crippen molar-refractivity contribution in [3.63, 3.8) is 0 Å². The average molecular weight is 599 g/mol. The molecule has 5 aromatic carbocycles. The molecule has 0 N–H and O–H groups in total. The van der Waals surface area contributed by atoms with Gasteiger partial charge in [0.2, 0.25) is 0 Å². The fourth-order valence-corrected chi connectivity index (χ4v) is 6.88. The molecule has 0 unspecified atom stereocenters. The molecule has 0 bridgehead atoms. The van der Waals surface area contributed by atoms with Crippen LogP contribution in [0.2, 0.25) is 0 Å². The number of rotatable bonds is 7. The predicted molar refractivity (Wildman–Crippen MR) is 186 cm³/mol. The van der Waals surface area contributed by atoms with Crippen LogP contribution >= 0.6 is 0 Å². The standard InChI is InChI=1S/C40H34N6/c1-5-13-33(14-6-1)40(34-15-7-2-8-16-34,35-17-9-3-10-18-35)46-29-32(28-43-46)31-21-22-38-37(27-31)39(42-30-41-38)45-25-23-44(24-26-45)36-19-11-4-12-20-36/h1-22,27-30H,23-26H2. The summed E-state index contributed by atoms with van der Waals surface area (Å²) in [6, 6.07) is 49.1. The lowest BCUT2D eigenvalue weighted by Gasteiger charge is -2.37. The molecule has 224 valence electrons. The number of hydrogen-bond acceptors (Lipinski definition) is 5. The Bertz CT molecular complexity index is 1960. The fourth-order valence-electron chi connectivity index (χ4n) is 6.88. The summed E-state index contributed by atoms with van der Waals surface area (Å²) < 4.78 is 2.12. The maximum absolute atomic E-state index is 5.09. The highest BCUT2D eigenvalue weighted by Gasteiger charge is 2.39. The molecule has 8 rings (SSSR count). The first-order valence-electron chi connectivity index (χ1n) is 15.8. The van der Waals surface area contributed by atoms with E-state index in [1.54, 1.807) is 6.33 Å². The second-order valence-corrected chi connectivity index (χ2v) is 11.7. The van der Waals surface area contributed by atoms with Crippen LogP contribution in [0.3, 0.4) is 0 Å². The van der Waals surface area contributed by atoms with E-state index in [0.717, 1.165) is 70.7 Å². The van der Waals surface area contributed by atoms with Crippen LogP contribution in [-0.2, 0) is 5.54 Å². The van der Waals surface area contributed by atoms with Gasteiger partial charge in [-0.2, -0.15) is 5.10 Å². The number of nitrogens with zero attached hydrogens (tertiary/aromatic N) is 6. The summed E-state index contributed by atoms with van der Waals surface area (Å²) in [5, 5.41) is 6.15. The van der Waals surface area contributed by atoms with Crippen LogP contribution in [0.4, 0.5) is 11.5 Å². The smallest absolute Gasteiger partial charge is 0.140 e. The van der Waals surface area contributed by atoms with Crippen LogP contribution in [0.25, 0.3) is 22.0 Å². The zero-order valence-corrected chi connectivity index (χ0v) is 25.5. The van der Waals surface area contributed by atoms with Gasteiger partial charge in [0, 0.05) is 49.0 Å². The first-order chi connectivity index (χ1) is 22.8. The van der Waals surface area contributed by atoms with E-state index in [2.05, 4.69) is 165 Å². The van der Waals surface area contributed by atoms with Crippen LogP contribution in [0.1, 0.15) is 16.7 Å². The molecule has 1 aliphatic rings. The minimum atomic E-state index is -0.661. The molecule has 0 radical (unpaired) electrons. The Kier molecular flexibility index (Phi) is 7.23. The highest BCUT2D eigenvalue weighted by Crippen LogP contribution is 2.41. The van der Waals surface area contributed by atoms with Crippen LogP contribution in [0.15, 0.2) is 158 Å². The number of fused-ring (bicyclic) bond motifs is 1. The quantitative estimate of drug-likeness (QED) is 0.176. The van der Waals surface area contributed by atoms with E-state index >= 15 is 0 Å². The van der Waals surface area contributed by atoms with E-state index < -0.39 is 5.54 Å². The second-order valence-electron chi connectivity index (χ2n) is 11.7. The molecule has 0 saturated carbocycles. The zero-order chi connectivity index (χ0) is 30.8. The topological polar surface area (TPSA) is 50.1 Å². The van der Waals surface area contributed by atoms with Crippen molar-refractivity contribution in [1.82, 2.24) is 19.7 Å². The predicted octanol–water partition coefficient (Wildman–Crippen LogP) is 7.66.